The minimum Gasteiger partial charge on any atom is -0.463 e. The molecule has 2 bridgehead atoms. The van der Waals surface area contributed by atoms with Crippen molar-refractivity contribution >= 4 is 5.97 Å². The molecule has 0 saturated heterocycles. The van der Waals surface area contributed by atoms with Gasteiger partial charge in [0.25, 0.3) is 0 Å². The summed E-state index contributed by atoms with van der Waals surface area (Å²) in [6.45, 7) is 12.7. The molecule has 0 amide bonds. The SMILES string of the molecule is CCC(C)(C)C(=O)OCCOC1C[C@@H]2CC(C2(C)C)[C@]1(C)O. The van der Waals surface area contributed by atoms with Crippen molar-refractivity contribution in [3.8, 4) is 0 Å². The summed E-state index contributed by atoms with van der Waals surface area (Å²) in [5.74, 6) is 0.743. The van der Waals surface area contributed by atoms with Crippen LogP contribution < -0.4 is 0 Å². The van der Waals surface area contributed by atoms with Gasteiger partial charge in [-0.1, -0.05) is 20.8 Å². The maximum absolute atomic E-state index is 11.9. The molecule has 0 spiro atoms. The van der Waals surface area contributed by atoms with Crippen LogP contribution in [0.25, 0.3) is 0 Å². The largest absolute Gasteiger partial charge is 0.463 e. The molecule has 3 aliphatic rings. The van der Waals surface area contributed by atoms with E-state index < -0.39 is 11.0 Å². The van der Waals surface area contributed by atoms with Crippen molar-refractivity contribution in [1.82, 2.24) is 0 Å². The van der Waals surface area contributed by atoms with Gasteiger partial charge in [0.1, 0.15) is 6.61 Å². The van der Waals surface area contributed by atoms with Gasteiger partial charge in [0, 0.05) is 0 Å². The fourth-order valence-electron chi connectivity index (χ4n) is 4.03. The maximum Gasteiger partial charge on any atom is 0.311 e. The molecule has 3 rings (SSSR count). The monoisotopic (exact) mass is 312 g/mol. The molecule has 128 valence electrons. The first-order valence-corrected chi connectivity index (χ1v) is 8.54. The lowest BCUT2D eigenvalue weighted by Crippen LogP contribution is -2.67. The minimum absolute atomic E-state index is 0.151. The lowest BCUT2D eigenvalue weighted by molar-refractivity contribution is -0.258. The van der Waals surface area contributed by atoms with Crippen LogP contribution in [0.4, 0.5) is 0 Å². The molecular formula is C18H32O4. The van der Waals surface area contributed by atoms with E-state index in [1.54, 1.807) is 0 Å². The lowest BCUT2D eigenvalue weighted by atomic mass is 9.43. The van der Waals surface area contributed by atoms with E-state index in [1.807, 2.05) is 27.7 Å². The summed E-state index contributed by atoms with van der Waals surface area (Å²) >= 11 is 0. The molecule has 0 aromatic rings. The molecule has 4 atom stereocenters. The molecule has 0 radical (unpaired) electrons. The number of hydrogen-bond donors (Lipinski definition) is 1. The van der Waals surface area contributed by atoms with E-state index in [9.17, 15) is 9.90 Å². The molecular weight excluding hydrogens is 280 g/mol. The van der Waals surface area contributed by atoms with Gasteiger partial charge in [0.05, 0.1) is 23.7 Å². The molecule has 0 aromatic heterocycles. The van der Waals surface area contributed by atoms with Gasteiger partial charge in [-0.2, -0.15) is 0 Å². The number of fused-ring (bicyclic) bond motifs is 2. The Morgan fingerprint density at radius 1 is 1.23 bits per heavy atom. The first-order chi connectivity index (χ1) is 10.0. The highest BCUT2D eigenvalue weighted by atomic mass is 16.6. The van der Waals surface area contributed by atoms with E-state index in [0.29, 0.717) is 18.4 Å². The molecule has 0 aromatic carbocycles. The molecule has 3 fully saturated rings. The number of carbonyl (C=O) groups is 1. The number of hydrogen-bond acceptors (Lipinski definition) is 4. The molecule has 0 heterocycles. The highest BCUT2D eigenvalue weighted by molar-refractivity contribution is 5.75. The topological polar surface area (TPSA) is 55.8 Å². The average molecular weight is 312 g/mol. The average Bonchev–Trinajstić information content (AvgIpc) is 2.43. The summed E-state index contributed by atoms with van der Waals surface area (Å²) in [6, 6.07) is 0. The number of aliphatic hydroxyl groups is 1. The molecule has 1 N–H and O–H groups in total. The minimum atomic E-state index is -0.787. The van der Waals surface area contributed by atoms with Crippen LogP contribution in [0.3, 0.4) is 0 Å². The first kappa shape index (κ1) is 17.7. The maximum atomic E-state index is 11.9. The summed E-state index contributed by atoms with van der Waals surface area (Å²) in [5, 5.41) is 10.8. The van der Waals surface area contributed by atoms with Crippen LogP contribution in [0.15, 0.2) is 0 Å². The fourth-order valence-corrected chi connectivity index (χ4v) is 4.03. The van der Waals surface area contributed by atoms with Crippen molar-refractivity contribution in [2.24, 2.45) is 22.7 Å². The normalized spacial score (nSPS) is 36.6. The summed E-state index contributed by atoms with van der Waals surface area (Å²) in [4.78, 5) is 11.9. The second kappa shape index (κ2) is 5.79. The van der Waals surface area contributed by atoms with Crippen LogP contribution in [0.5, 0.6) is 0 Å². The zero-order chi connectivity index (χ0) is 16.8. The lowest BCUT2D eigenvalue weighted by Gasteiger charge is -2.64. The van der Waals surface area contributed by atoms with E-state index in [4.69, 9.17) is 9.47 Å². The Hall–Kier alpha value is -0.610. The van der Waals surface area contributed by atoms with Gasteiger partial charge in [-0.3, -0.25) is 4.79 Å². The predicted molar refractivity (Wildman–Crippen MR) is 85.4 cm³/mol. The van der Waals surface area contributed by atoms with Crippen molar-refractivity contribution in [3.63, 3.8) is 0 Å². The summed E-state index contributed by atoms with van der Waals surface area (Å²) in [7, 11) is 0. The van der Waals surface area contributed by atoms with Crippen molar-refractivity contribution in [2.75, 3.05) is 13.2 Å². The van der Waals surface area contributed by atoms with Gasteiger partial charge in [-0.25, -0.2) is 0 Å². The van der Waals surface area contributed by atoms with Crippen LogP contribution in [-0.4, -0.2) is 36.0 Å². The van der Waals surface area contributed by atoms with E-state index in [2.05, 4.69) is 13.8 Å². The van der Waals surface area contributed by atoms with Gasteiger partial charge in [0.2, 0.25) is 0 Å². The van der Waals surface area contributed by atoms with Crippen molar-refractivity contribution in [2.45, 2.75) is 72.5 Å². The quantitative estimate of drug-likeness (QED) is 0.604. The predicted octanol–water partition coefficient (Wildman–Crippen LogP) is 3.17. The first-order valence-electron chi connectivity index (χ1n) is 8.54. The molecule has 0 aliphatic heterocycles. The Labute approximate surface area is 134 Å². The number of esters is 1. The van der Waals surface area contributed by atoms with Crippen molar-refractivity contribution in [3.05, 3.63) is 0 Å². The van der Waals surface area contributed by atoms with E-state index in [0.717, 1.165) is 19.3 Å². The Kier molecular flexibility index (Phi) is 4.67. The highest BCUT2D eigenvalue weighted by Crippen LogP contribution is 2.63. The van der Waals surface area contributed by atoms with Gasteiger partial charge in [-0.05, 0) is 57.3 Å². The summed E-state index contributed by atoms with van der Waals surface area (Å²) in [6.07, 6.45) is 2.59. The van der Waals surface area contributed by atoms with Crippen molar-refractivity contribution in [1.29, 1.82) is 0 Å². The second-order valence-corrected chi connectivity index (χ2v) is 8.50. The number of rotatable bonds is 6. The van der Waals surface area contributed by atoms with Crippen LogP contribution in [0, 0.1) is 22.7 Å². The van der Waals surface area contributed by atoms with E-state index in [-0.39, 0.29) is 24.1 Å². The standard InChI is InChI=1S/C18H32O4/c1-7-16(2,3)15(19)22-9-8-21-14-11-12-10-13(17(12,4)5)18(14,6)20/h12-14,20H,7-11H2,1-6H3/t12-,13?,14?,18-/m0/s1. The third-order valence-electron chi connectivity index (χ3n) is 6.40. The molecule has 3 aliphatic carbocycles. The van der Waals surface area contributed by atoms with Crippen LogP contribution in [-0.2, 0) is 14.3 Å². The highest BCUT2D eigenvalue weighted by Gasteiger charge is 2.63. The van der Waals surface area contributed by atoms with Gasteiger partial charge >= 0.3 is 5.97 Å². The number of carbonyl (C=O) groups excluding carboxylic acids is 1. The third kappa shape index (κ3) is 2.92. The van der Waals surface area contributed by atoms with Gasteiger partial charge < -0.3 is 14.6 Å². The zero-order valence-corrected chi connectivity index (χ0v) is 14.9. The Morgan fingerprint density at radius 3 is 2.36 bits per heavy atom. The fraction of sp³-hybridized carbons (Fsp3) is 0.944. The summed E-state index contributed by atoms with van der Waals surface area (Å²) < 4.78 is 11.2. The smallest absolute Gasteiger partial charge is 0.311 e. The zero-order valence-electron chi connectivity index (χ0n) is 14.9. The van der Waals surface area contributed by atoms with E-state index >= 15 is 0 Å². The molecule has 3 saturated carbocycles. The molecule has 2 unspecified atom stereocenters. The summed E-state index contributed by atoms with van der Waals surface area (Å²) in [5.41, 5.74) is -1.02. The van der Waals surface area contributed by atoms with E-state index in [1.165, 1.54) is 0 Å². The van der Waals surface area contributed by atoms with Crippen LogP contribution in [0.2, 0.25) is 0 Å². The van der Waals surface area contributed by atoms with Gasteiger partial charge in [-0.15, -0.1) is 0 Å². The Bertz CT molecular complexity index is 425. The Morgan fingerprint density at radius 2 is 1.86 bits per heavy atom. The Balaban J connectivity index is 1.78. The van der Waals surface area contributed by atoms with Gasteiger partial charge in [0.15, 0.2) is 0 Å². The number of ether oxygens (including phenoxy) is 2. The molecule has 22 heavy (non-hydrogen) atoms. The second-order valence-electron chi connectivity index (χ2n) is 8.50. The third-order valence-corrected chi connectivity index (χ3v) is 6.40. The molecule has 4 heteroatoms. The van der Waals surface area contributed by atoms with Crippen LogP contribution >= 0.6 is 0 Å². The van der Waals surface area contributed by atoms with Crippen molar-refractivity contribution < 1.29 is 19.4 Å². The molecule has 4 nitrogen and oxygen atoms in total. The van der Waals surface area contributed by atoms with Crippen LogP contribution in [0.1, 0.15) is 60.8 Å².